The molecule has 10 heteroatoms. The largest absolute Gasteiger partial charge is 0.419 e. The van der Waals surface area contributed by atoms with Crippen LogP contribution in [0.15, 0.2) is 64.5 Å². The van der Waals surface area contributed by atoms with Crippen molar-refractivity contribution in [3.63, 3.8) is 0 Å². The highest BCUT2D eigenvalue weighted by Gasteiger charge is 2.33. The van der Waals surface area contributed by atoms with E-state index < -0.39 is 0 Å². The SMILES string of the molecule is Cc1csc(C2CCCN2C(=O)c2cc(-c3nnc(C(C)Cc4ccccc4)o3)nc(-c3ccnn3C)c2)n1. The van der Waals surface area contributed by atoms with Gasteiger partial charge in [-0.05, 0) is 49.9 Å². The summed E-state index contributed by atoms with van der Waals surface area (Å²) in [7, 11) is 1.85. The van der Waals surface area contributed by atoms with Crippen molar-refractivity contribution < 1.29 is 9.21 Å². The monoisotopic (exact) mass is 539 g/mol. The smallest absolute Gasteiger partial charge is 0.266 e. The first kappa shape index (κ1) is 25.1. The van der Waals surface area contributed by atoms with Crippen LogP contribution in [-0.2, 0) is 13.5 Å². The molecule has 1 saturated heterocycles. The van der Waals surface area contributed by atoms with E-state index in [1.807, 2.05) is 54.6 Å². The molecule has 2 atom stereocenters. The molecule has 5 heterocycles. The topological polar surface area (TPSA) is 103 Å². The minimum Gasteiger partial charge on any atom is -0.419 e. The van der Waals surface area contributed by atoms with Crippen LogP contribution in [0.25, 0.3) is 23.0 Å². The summed E-state index contributed by atoms with van der Waals surface area (Å²) >= 11 is 1.61. The fraction of sp³-hybridized carbons (Fsp3) is 0.310. The molecule has 0 saturated carbocycles. The Hall–Kier alpha value is -4.18. The molecule has 198 valence electrons. The number of amides is 1. The third kappa shape index (κ3) is 5.12. The lowest BCUT2D eigenvalue weighted by Gasteiger charge is -2.23. The van der Waals surface area contributed by atoms with Gasteiger partial charge in [-0.25, -0.2) is 9.97 Å². The summed E-state index contributed by atoms with van der Waals surface area (Å²) in [6.07, 6.45) is 4.33. The van der Waals surface area contributed by atoms with Gasteiger partial charge in [-0.1, -0.05) is 37.3 Å². The third-order valence-corrected chi connectivity index (χ3v) is 8.12. The Balaban J connectivity index is 1.35. The van der Waals surface area contributed by atoms with Crippen molar-refractivity contribution in [2.75, 3.05) is 6.54 Å². The summed E-state index contributed by atoms with van der Waals surface area (Å²) in [4.78, 5) is 25.3. The van der Waals surface area contributed by atoms with Crippen LogP contribution in [0.2, 0.25) is 0 Å². The molecule has 1 aliphatic heterocycles. The van der Waals surface area contributed by atoms with Crippen molar-refractivity contribution in [1.82, 2.24) is 34.8 Å². The van der Waals surface area contributed by atoms with E-state index in [0.717, 1.165) is 35.7 Å². The lowest BCUT2D eigenvalue weighted by molar-refractivity contribution is 0.0735. The normalized spacial score (nSPS) is 16.1. The number of aryl methyl sites for hydroxylation is 2. The maximum atomic E-state index is 13.9. The van der Waals surface area contributed by atoms with Gasteiger partial charge in [-0.3, -0.25) is 9.48 Å². The zero-order chi connectivity index (χ0) is 26.9. The molecule has 0 bridgehead atoms. The maximum absolute atomic E-state index is 13.9. The molecule has 0 aliphatic carbocycles. The molecule has 1 amide bonds. The number of aromatic nitrogens is 6. The number of likely N-dealkylation sites (tertiary alicyclic amines) is 1. The molecule has 0 radical (unpaired) electrons. The van der Waals surface area contributed by atoms with E-state index in [2.05, 4.69) is 39.3 Å². The van der Waals surface area contributed by atoms with E-state index >= 15 is 0 Å². The first-order valence-corrected chi connectivity index (χ1v) is 14.0. The van der Waals surface area contributed by atoms with Crippen LogP contribution in [0.1, 0.15) is 64.2 Å². The van der Waals surface area contributed by atoms with Crippen LogP contribution >= 0.6 is 11.3 Å². The number of hydrogen-bond acceptors (Lipinski definition) is 8. The van der Waals surface area contributed by atoms with Gasteiger partial charge in [0, 0.05) is 42.3 Å². The first-order valence-electron chi connectivity index (χ1n) is 13.1. The zero-order valence-corrected chi connectivity index (χ0v) is 22.9. The number of hydrogen-bond donors (Lipinski definition) is 0. The fourth-order valence-electron chi connectivity index (χ4n) is 5.07. The number of rotatable bonds is 7. The summed E-state index contributed by atoms with van der Waals surface area (Å²) in [5.41, 5.74) is 4.57. The van der Waals surface area contributed by atoms with Crippen molar-refractivity contribution in [3.05, 3.63) is 87.8 Å². The number of carbonyl (C=O) groups is 1. The van der Waals surface area contributed by atoms with Crippen LogP contribution in [0, 0.1) is 6.92 Å². The minimum absolute atomic E-state index is 0.0261. The van der Waals surface area contributed by atoms with Gasteiger partial charge < -0.3 is 9.32 Å². The molecule has 2 unspecified atom stereocenters. The van der Waals surface area contributed by atoms with Crippen LogP contribution in [0.3, 0.4) is 0 Å². The van der Waals surface area contributed by atoms with Crippen LogP contribution in [-0.4, -0.2) is 47.3 Å². The second-order valence-electron chi connectivity index (χ2n) is 9.99. The summed E-state index contributed by atoms with van der Waals surface area (Å²) in [6, 6.07) is 15.6. The molecule has 1 aromatic carbocycles. The predicted octanol–water partition coefficient (Wildman–Crippen LogP) is 5.62. The fourth-order valence-corrected chi connectivity index (χ4v) is 6.01. The van der Waals surface area contributed by atoms with Gasteiger partial charge in [0.05, 0.1) is 17.4 Å². The number of benzene rings is 1. The van der Waals surface area contributed by atoms with Gasteiger partial charge in [-0.15, -0.1) is 21.5 Å². The van der Waals surface area contributed by atoms with E-state index in [4.69, 9.17) is 9.40 Å². The second-order valence-corrected chi connectivity index (χ2v) is 10.9. The number of carbonyl (C=O) groups excluding carboxylic acids is 1. The van der Waals surface area contributed by atoms with E-state index in [-0.39, 0.29) is 23.8 Å². The predicted molar refractivity (Wildman–Crippen MR) is 148 cm³/mol. The first-order chi connectivity index (χ1) is 19.0. The maximum Gasteiger partial charge on any atom is 0.266 e. The number of thiazole rings is 1. The summed E-state index contributed by atoms with van der Waals surface area (Å²) in [6.45, 7) is 4.73. The van der Waals surface area contributed by atoms with Gasteiger partial charge in [0.2, 0.25) is 5.89 Å². The quantitative estimate of drug-likeness (QED) is 0.264. The third-order valence-electron chi connectivity index (χ3n) is 7.06. The lowest BCUT2D eigenvalue weighted by Crippen LogP contribution is -2.30. The molecule has 5 aromatic rings. The highest BCUT2D eigenvalue weighted by Crippen LogP contribution is 2.36. The van der Waals surface area contributed by atoms with E-state index in [9.17, 15) is 4.79 Å². The molecule has 1 aliphatic rings. The summed E-state index contributed by atoms with van der Waals surface area (Å²) < 4.78 is 7.85. The van der Waals surface area contributed by atoms with Crippen molar-refractivity contribution in [2.45, 2.75) is 45.1 Å². The molecule has 0 spiro atoms. The van der Waals surface area contributed by atoms with Gasteiger partial charge in [0.1, 0.15) is 10.7 Å². The molecule has 1 fully saturated rings. The zero-order valence-electron chi connectivity index (χ0n) is 22.1. The van der Waals surface area contributed by atoms with Crippen molar-refractivity contribution >= 4 is 17.2 Å². The van der Waals surface area contributed by atoms with Gasteiger partial charge >= 0.3 is 0 Å². The van der Waals surface area contributed by atoms with Gasteiger partial charge in [0.25, 0.3) is 11.8 Å². The second kappa shape index (κ2) is 10.5. The average Bonchev–Trinajstić information content (AvgIpc) is 3.76. The van der Waals surface area contributed by atoms with Crippen LogP contribution in [0.5, 0.6) is 0 Å². The van der Waals surface area contributed by atoms with Gasteiger partial charge in [0.15, 0.2) is 0 Å². The van der Waals surface area contributed by atoms with Crippen LogP contribution < -0.4 is 0 Å². The van der Waals surface area contributed by atoms with Gasteiger partial charge in [-0.2, -0.15) is 5.10 Å². The molecule has 39 heavy (non-hydrogen) atoms. The average molecular weight is 540 g/mol. The van der Waals surface area contributed by atoms with Crippen molar-refractivity contribution in [2.24, 2.45) is 7.05 Å². The Bertz CT molecular complexity index is 1610. The number of nitrogens with zero attached hydrogens (tertiary/aromatic N) is 7. The lowest BCUT2D eigenvalue weighted by atomic mass is 10.0. The highest BCUT2D eigenvalue weighted by molar-refractivity contribution is 7.09. The Labute approximate surface area is 230 Å². The molecular weight excluding hydrogens is 510 g/mol. The highest BCUT2D eigenvalue weighted by atomic mass is 32.1. The van der Waals surface area contributed by atoms with E-state index in [0.29, 0.717) is 29.4 Å². The van der Waals surface area contributed by atoms with E-state index in [1.54, 1.807) is 28.3 Å². The molecule has 6 rings (SSSR count). The van der Waals surface area contributed by atoms with E-state index in [1.165, 1.54) is 5.56 Å². The molecule has 0 N–H and O–H groups in total. The molecular formula is C29H29N7O2S. The van der Waals surface area contributed by atoms with Crippen molar-refractivity contribution in [1.29, 1.82) is 0 Å². The van der Waals surface area contributed by atoms with Crippen molar-refractivity contribution in [3.8, 4) is 23.0 Å². The minimum atomic E-state index is -0.0606. The Kier molecular flexibility index (Phi) is 6.78. The molecule has 9 nitrogen and oxygen atoms in total. The standard InChI is InChI=1S/C29H29N7O2S/c1-18(14-20-8-5-4-6-9-20)26-33-34-27(38-26)23-16-21(15-22(32-23)24-11-12-30-35(24)3)29(37)36-13-7-10-25(36)28-31-19(2)17-39-28/h4-6,8-9,11-12,15-18,25H,7,10,13-14H2,1-3H3. The Morgan fingerprint density at radius 1 is 1.13 bits per heavy atom. The Morgan fingerprint density at radius 2 is 1.95 bits per heavy atom. The van der Waals surface area contributed by atoms with Crippen LogP contribution in [0.4, 0.5) is 0 Å². The summed E-state index contributed by atoms with van der Waals surface area (Å²) in [5.74, 6) is 0.793. The Morgan fingerprint density at radius 3 is 2.69 bits per heavy atom. The summed E-state index contributed by atoms with van der Waals surface area (Å²) in [5, 5.41) is 16.0. The molecule has 4 aromatic heterocycles. The number of pyridine rings is 1.